The Labute approximate surface area is 134 Å². The van der Waals surface area contributed by atoms with Crippen LogP contribution in [0.3, 0.4) is 0 Å². The quantitative estimate of drug-likeness (QED) is 0.713. The monoisotopic (exact) mass is 403 g/mol. The highest BCUT2D eigenvalue weighted by Crippen LogP contribution is 2.36. The fourth-order valence-electron chi connectivity index (χ4n) is 1.56. The van der Waals surface area contributed by atoms with Gasteiger partial charge in [0.25, 0.3) is 0 Å². The van der Waals surface area contributed by atoms with Gasteiger partial charge in [0.1, 0.15) is 11.5 Å². The van der Waals surface area contributed by atoms with Gasteiger partial charge in [-0.2, -0.15) is 0 Å². The van der Waals surface area contributed by atoms with Gasteiger partial charge in [0, 0.05) is 10.5 Å². The minimum atomic E-state index is -0.0141. The summed E-state index contributed by atoms with van der Waals surface area (Å²) in [7, 11) is 0. The van der Waals surface area contributed by atoms with Crippen molar-refractivity contribution in [2.24, 2.45) is 5.73 Å². The van der Waals surface area contributed by atoms with E-state index >= 15 is 0 Å². The number of nitrogens with two attached hydrogens (primary N) is 1. The molecule has 0 fully saturated rings. The molecule has 19 heavy (non-hydrogen) atoms. The normalized spacial score (nSPS) is 12.3. The molecule has 2 aromatic carbocycles. The number of hydrogen-bond acceptors (Lipinski definition) is 2. The van der Waals surface area contributed by atoms with Crippen molar-refractivity contribution in [3.63, 3.8) is 0 Å². The van der Waals surface area contributed by atoms with Gasteiger partial charge in [-0.05, 0) is 58.7 Å². The standard InChI is InChI=1S/C14H12Br2ClNO/c1-8(18)9-2-5-13(11(16)6-9)19-14-7-10(15)3-4-12(14)17/h2-8H,18H2,1H3/t8-/m0/s1. The van der Waals surface area contributed by atoms with Crippen molar-refractivity contribution in [3.05, 3.63) is 55.9 Å². The number of hydrogen-bond donors (Lipinski definition) is 1. The van der Waals surface area contributed by atoms with Gasteiger partial charge in [0.05, 0.1) is 9.50 Å². The molecule has 0 heterocycles. The lowest BCUT2D eigenvalue weighted by molar-refractivity contribution is 0.479. The van der Waals surface area contributed by atoms with Crippen LogP contribution >= 0.6 is 43.5 Å². The van der Waals surface area contributed by atoms with E-state index in [-0.39, 0.29) is 6.04 Å². The van der Waals surface area contributed by atoms with E-state index in [2.05, 4.69) is 31.9 Å². The maximum atomic E-state index is 6.10. The van der Waals surface area contributed by atoms with Crippen LogP contribution in [0.1, 0.15) is 18.5 Å². The molecular weight excluding hydrogens is 393 g/mol. The van der Waals surface area contributed by atoms with Crippen LogP contribution in [0.4, 0.5) is 0 Å². The molecule has 100 valence electrons. The fourth-order valence-corrected chi connectivity index (χ4v) is 2.53. The predicted octanol–water partition coefficient (Wildman–Crippen LogP) is 5.68. The van der Waals surface area contributed by atoms with Crippen molar-refractivity contribution < 1.29 is 4.74 Å². The topological polar surface area (TPSA) is 35.2 Å². The SMILES string of the molecule is C[C@H](N)c1ccc(Oc2cc(Br)ccc2Cl)c(Br)c1. The smallest absolute Gasteiger partial charge is 0.147 e. The molecule has 2 N–H and O–H groups in total. The van der Waals surface area contributed by atoms with E-state index < -0.39 is 0 Å². The summed E-state index contributed by atoms with van der Waals surface area (Å²) < 4.78 is 7.56. The Morgan fingerprint density at radius 3 is 2.47 bits per heavy atom. The second-order valence-corrected chi connectivity index (χ2v) is 6.33. The Hall–Kier alpha value is -0.550. The van der Waals surface area contributed by atoms with Crippen molar-refractivity contribution in [2.75, 3.05) is 0 Å². The first-order valence-electron chi connectivity index (χ1n) is 5.65. The van der Waals surface area contributed by atoms with Crippen LogP contribution < -0.4 is 10.5 Å². The van der Waals surface area contributed by atoms with Crippen molar-refractivity contribution >= 4 is 43.5 Å². The number of halogens is 3. The van der Waals surface area contributed by atoms with Crippen LogP contribution in [0.15, 0.2) is 45.3 Å². The summed E-state index contributed by atoms with van der Waals surface area (Å²) in [4.78, 5) is 0. The molecule has 0 saturated heterocycles. The Morgan fingerprint density at radius 1 is 1.11 bits per heavy atom. The summed E-state index contributed by atoms with van der Waals surface area (Å²) in [6, 6.07) is 11.2. The highest BCUT2D eigenvalue weighted by atomic mass is 79.9. The largest absolute Gasteiger partial charge is 0.455 e. The summed E-state index contributed by atoms with van der Waals surface area (Å²) in [6.07, 6.45) is 0. The molecule has 2 rings (SSSR count). The third kappa shape index (κ3) is 3.72. The molecule has 5 heteroatoms. The predicted molar refractivity (Wildman–Crippen MR) is 86.0 cm³/mol. The van der Waals surface area contributed by atoms with Gasteiger partial charge < -0.3 is 10.5 Å². The van der Waals surface area contributed by atoms with Crippen LogP contribution in [-0.2, 0) is 0 Å². The first-order valence-corrected chi connectivity index (χ1v) is 7.61. The molecule has 0 aliphatic carbocycles. The first kappa shape index (κ1) is 14.9. The number of ether oxygens (including phenoxy) is 1. The van der Waals surface area contributed by atoms with Crippen molar-refractivity contribution in [1.29, 1.82) is 0 Å². The lowest BCUT2D eigenvalue weighted by Gasteiger charge is -2.12. The fraction of sp³-hybridized carbons (Fsp3) is 0.143. The van der Waals surface area contributed by atoms with Crippen LogP contribution in [0.5, 0.6) is 11.5 Å². The minimum absolute atomic E-state index is 0.0141. The second kappa shape index (κ2) is 6.27. The summed E-state index contributed by atoms with van der Waals surface area (Å²) in [5, 5.41) is 0.561. The maximum Gasteiger partial charge on any atom is 0.147 e. The molecule has 2 nitrogen and oxygen atoms in total. The molecule has 2 aromatic rings. The minimum Gasteiger partial charge on any atom is -0.455 e. The van der Waals surface area contributed by atoms with Crippen LogP contribution in [0.25, 0.3) is 0 Å². The summed E-state index contributed by atoms with van der Waals surface area (Å²) in [5.41, 5.74) is 6.88. The lowest BCUT2D eigenvalue weighted by Crippen LogP contribution is -2.04. The van der Waals surface area contributed by atoms with Gasteiger partial charge in [-0.1, -0.05) is 33.6 Å². The molecule has 0 unspecified atom stereocenters. The van der Waals surface area contributed by atoms with Gasteiger partial charge in [-0.15, -0.1) is 0 Å². The van der Waals surface area contributed by atoms with E-state index in [1.54, 1.807) is 6.07 Å². The van der Waals surface area contributed by atoms with Crippen LogP contribution in [0.2, 0.25) is 5.02 Å². The molecule has 0 aliphatic rings. The van der Waals surface area contributed by atoms with Gasteiger partial charge in [-0.25, -0.2) is 0 Å². The summed E-state index contributed by atoms with van der Waals surface area (Å²) in [6.45, 7) is 1.94. The van der Waals surface area contributed by atoms with Crippen LogP contribution in [0, 0.1) is 0 Å². The molecule has 0 bridgehead atoms. The summed E-state index contributed by atoms with van der Waals surface area (Å²) in [5.74, 6) is 1.30. The molecule has 1 atom stereocenters. The molecule has 0 saturated carbocycles. The lowest BCUT2D eigenvalue weighted by atomic mass is 10.1. The van der Waals surface area contributed by atoms with E-state index in [1.165, 1.54) is 0 Å². The number of benzene rings is 2. The second-order valence-electron chi connectivity index (χ2n) is 4.16. The van der Waals surface area contributed by atoms with Crippen LogP contribution in [-0.4, -0.2) is 0 Å². The molecule has 0 aliphatic heterocycles. The van der Waals surface area contributed by atoms with Crippen molar-refractivity contribution in [2.45, 2.75) is 13.0 Å². The van der Waals surface area contributed by atoms with E-state index in [9.17, 15) is 0 Å². The van der Waals surface area contributed by atoms with Crippen molar-refractivity contribution in [1.82, 2.24) is 0 Å². The van der Waals surface area contributed by atoms with E-state index in [0.717, 1.165) is 14.5 Å². The Kier molecular flexibility index (Phi) is 4.90. The summed E-state index contributed by atoms with van der Waals surface area (Å²) >= 11 is 13.0. The highest BCUT2D eigenvalue weighted by molar-refractivity contribution is 9.10. The molecular formula is C14H12Br2ClNO. The molecule has 0 radical (unpaired) electrons. The zero-order valence-electron chi connectivity index (χ0n) is 10.2. The van der Waals surface area contributed by atoms with E-state index in [1.807, 2.05) is 37.3 Å². The van der Waals surface area contributed by atoms with E-state index in [4.69, 9.17) is 22.1 Å². The Balaban J connectivity index is 2.31. The molecule has 0 spiro atoms. The average Bonchev–Trinajstić information content (AvgIpc) is 2.36. The third-order valence-electron chi connectivity index (χ3n) is 2.59. The van der Waals surface area contributed by atoms with Gasteiger partial charge in [-0.3, -0.25) is 0 Å². The Morgan fingerprint density at radius 2 is 1.84 bits per heavy atom. The number of rotatable bonds is 3. The first-order chi connectivity index (χ1) is 8.97. The molecule has 0 amide bonds. The average molecular weight is 406 g/mol. The van der Waals surface area contributed by atoms with E-state index in [0.29, 0.717) is 16.5 Å². The zero-order valence-corrected chi connectivity index (χ0v) is 14.1. The zero-order chi connectivity index (χ0) is 14.0. The highest BCUT2D eigenvalue weighted by Gasteiger charge is 2.09. The van der Waals surface area contributed by atoms with Gasteiger partial charge in [0.15, 0.2) is 0 Å². The third-order valence-corrected chi connectivity index (χ3v) is 4.02. The molecule has 0 aromatic heterocycles. The van der Waals surface area contributed by atoms with Gasteiger partial charge >= 0.3 is 0 Å². The Bertz CT molecular complexity index is 602. The van der Waals surface area contributed by atoms with Crippen molar-refractivity contribution in [3.8, 4) is 11.5 Å². The maximum absolute atomic E-state index is 6.10. The van der Waals surface area contributed by atoms with Gasteiger partial charge in [0.2, 0.25) is 0 Å².